The summed E-state index contributed by atoms with van der Waals surface area (Å²) in [4.78, 5) is 13.9. The minimum Gasteiger partial charge on any atom is -0.445 e. The van der Waals surface area contributed by atoms with Crippen LogP contribution in [0.15, 0.2) is 30.3 Å². The zero-order valence-corrected chi connectivity index (χ0v) is 12.6. The molecule has 0 saturated carbocycles. The van der Waals surface area contributed by atoms with Gasteiger partial charge < -0.3 is 9.64 Å². The average molecular weight is 326 g/mol. The lowest BCUT2D eigenvalue weighted by Crippen LogP contribution is -2.40. The number of piperidine rings is 1. The van der Waals surface area contributed by atoms with Gasteiger partial charge in [0.15, 0.2) is 0 Å². The topological polar surface area (TPSA) is 29.5 Å². The monoisotopic (exact) mass is 325 g/mol. The number of nitrogens with zero attached hydrogens (tertiary/aromatic N) is 1. The largest absolute Gasteiger partial charge is 0.445 e. The molecule has 1 fully saturated rings. The highest BCUT2D eigenvalue weighted by Gasteiger charge is 2.24. The van der Waals surface area contributed by atoms with E-state index in [0.717, 1.165) is 36.8 Å². The fourth-order valence-electron chi connectivity index (χ4n) is 2.43. The Hall–Kier alpha value is -1.03. The van der Waals surface area contributed by atoms with Crippen molar-refractivity contribution in [1.82, 2.24) is 4.90 Å². The first-order valence-electron chi connectivity index (χ1n) is 6.81. The SMILES string of the molecule is O=C(OCc1ccccc1)N1CCC[C@H](CCBr)C1. The standard InChI is InChI=1S/C15H20BrNO2/c16-9-8-13-7-4-10-17(11-13)15(18)19-12-14-5-2-1-3-6-14/h1-3,5-6,13H,4,7-12H2/t13-/m1/s1. The van der Waals surface area contributed by atoms with Crippen LogP contribution in [0.25, 0.3) is 0 Å². The van der Waals surface area contributed by atoms with E-state index in [-0.39, 0.29) is 6.09 Å². The molecular formula is C15H20BrNO2. The highest BCUT2D eigenvalue weighted by molar-refractivity contribution is 9.09. The highest BCUT2D eigenvalue weighted by atomic mass is 79.9. The van der Waals surface area contributed by atoms with Crippen molar-refractivity contribution in [3.05, 3.63) is 35.9 Å². The molecule has 3 nitrogen and oxygen atoms in total. The van der Waals surface area contributed by atoms with Crippen molar-refractivity contribution in [3.63, 3.8) is 0 Å². The van der Waals surface area contributed by atoms with Crippen LogP contribution in [-0.4, -0.2) is 29.4 Å². The molecule has 1 aliphatic heterocycles. The first kappa shape index (κ1) is 14.4. The molecule has 0 radical (unpaired) electrons. The molecule has 19 heavy (non-hydrogen) atoms. The molecule has 0 unspecified atom stereocenters. The molecule has 0 aromatic heterocycles. The second kappa shape index (κ2) is 7.53. The van der Waals surface area contributed by atoms with Gasteiger partial charge in [-0.2, -0.15) is 0 Å². The molecule has 2 rings (SSSR count). The third-order valence-corrected chi connectivity index (χ3v) is 3.96. The summed E-state index contributed by atoms with van der Waals surface area (Å²) in [6, 6.07) is 9.81. The summed E-state index contributed by atoms with van der Waals surface area (Å²) in [5, 5.41) is 1.00. The second-order valence-corrected chi connectivity index (χ2v) is 5.77. The predicted molar refractivity (Wildman–Crippen MR) is 79.3 cm³/mol. The Kier molecular flexibility index (Phi) is 5.70. The van der Waals surface area contributed by atoms with E-state index in [4.69, 9.17) is 4.74 Å². The van der Waals surface area contributed by atoms with Gasteiger partial charge in [0, 0.05) is 18.4 Å². The maximum Gasteiger partial charge on any atom is 0.410 e. The van der Waals surface area contributed by atoms with Crippen molar-refractivity contribution in [2.24, 2.45) is 5.92 Å². The number of benzene rings is 1. The van der Waals surface area contributed by atoms with Crippen molar-refractivity contribution < 1.29 is 9.53 Å². The maximum absolute atomic E-state index is 12.0. The molecule has 1 saturated heterocycles. The van der Waals surface area contributed by atoms with Crippen LogP contribution < -0.4 is 0 Å². The highest BCUT2D eigenvalue weighted by Crippen LogP contribution is 2.21. The zero-order valence-electron chi connectivity index (χ0n) is 11.1. The zero-order chi connectivity index (χ0) is 13.5. The van der Waals surface area contributed by atoms with E-state index in [0.29, 0.717) is 12.5 Å². The molecular weight excluding hydrogens is 306 g/mol. The summed E-state index contributed by atoms with van der Waals surface area (Å²) < 4.78 is 5.37. The molecule has 4 heteroatoms. The van der Waals surface area contributed by atoms with Crippen molar-refractivity contribution in [2.45, 2.75) is 25.9 Å². The van der Waals surface area contributed by atoms with Gasteiger partial charge in [-0.15, -0.1) is 0 Å². The van der Waals surface area contributed by atoms with Crippen LogP contribution in [0.1, 0.15) is 24.8 Å². The smallest absolute Gasteiger partial charge is 0.410 e. The Balaban J connectivity index is 1.79. The van der Waals surface area contributed by atoms with E-state index in [1.165, 1.54) is 6.42 Å². The van der Waals surface area contributed by atoms with E-state index < -0.39 is 0 Å². The normalized spacial score (nSPS) is 19.2. The number of hydrogen-bond donors (Lipinski definition) is 0. The summed E-state index contributed by atoms with van der Waals surface area (Å²) in [6.07, 6.45) is 3.25. The molecule has 0 spiro atoms. The van der Waals surface area contributed by atoms with E-state index in [2.05, 4.69) is 15.9 Å². The van der Waals surface area contributed by atoms with E-state index in [9.17, 15) is 4.79 Å². The third-order valence-electron chi connectivity index (χ3n) is 3.50. The number of halogens is 1. The molecule has 1 heterocycles. The van der Waals surface area contributed by atoms with Crippen molar-refractivity contribution in [3.8, 4) is 0 Å². The molecule has 0 bridgehead atoms. The van der Waals surface area contributed by atoms with Gasteiger partial charge >= 0.3 is 6.09 Å². The van der Waals surface area contributed by atoms with Crippen molar-refractivity contribution in [1.29, 1.82) is 0 Å². The van der Waals surface area contributed by atoms with Gasteiger partial charge in [0.2, 0.25) is 0 Å². The first-order valence-corrected chi connectivity index (χ1v) is 7.93. The number of hydrogen-bond acceptors (Lipinski definition) is 2. The van der Waals surface area contributed by atoms with Crippen LogP contribution in [0.4, 0.5) is 4.79 Å². The van der Waals surface area contributed by atoms with Gasteiger partial charge in [0.1, 0.15) is 6.61 Å². The summed E-state index contributed by atoms with van der Waals surface area (Å²) in [6.45, 7) is 2.02. The number of ether oxygens (including phenoxy) is 1. The Bertz CT molecular complexity index is 394. The van der Waals surface area contributed by atoms with Crippen LogP contribution in [0.3, 0.4) is 0 Å². The fourth-order valence-corrected chi connectivity index (χ4v) is 3.08. The number of rotatable bonds is 4. The van der Waals surface area contributed by atoms with Gasteiger partial charge in [-0.05, 0) is 30.7 Å². The molecule has 1 aliphatic rings. The lowest BCUT2D eigenvalue weighted by Gasteiger charge is -2.31. The van der Waals surface area contributed by atoms with Gasteiger partial charge in [0.25, 0.3) is 0 Å². The Labute approximate surface area is 123 Å². The quantitative estimate of drug-likeness (QED) is 0.787. The Morgan fingerprint density at radius 3 is 2.89 bits per heavy atom. The maximum atomic E-state index is 12.0. The van der Waals surface area contributed by atoms with E-state index >= 15 is 0 Å². The van der Waals surface area contributed by atoms with Crippen molar-refractivity contribution >= 4 is 22.0 Å². The van der Waals surface area contributed by atoms with Gasteiger partial charge in [-0.1, -0.05) is 46.3 Å². The van der Waals surface area contributed by atoms with E-state index in [1.807, 2.05) is 35.2 Å². The molecule has 0 aliphatic carbocycles. The summed E-state index contributed by atoms with van der Waals surface area (Å²) in [7, 11) is 0. The summed E-state index contributed by atoms with van der Waals surface area (Å²) in [5.74, 6) is 0.609. The first-order chi connectivity index (χ1) is 9.29. The number of carbonyl (C=O) groups excluding carboxylic acids is 1. The van der Waals surface area contributed by atoms with Crippen molar-refractivity contribution in [2.75, 3.05) is 18.4 Å². The Morgan fingerprint density at radius 1 is 1.37 bits per heavy atom. The third kappa shape index (κ3) is 4.53. The fraction of sp³-hybridized carbons (Fsp3) is 0.533. The number of alkyl halides is 1. The van der Waals surface area contributed by atoms with E-state index in [1.54, 1.807) is 0 Å². The summed E-state index contributed by atoms with van der Waals surface area (Å²) >= 11 is 3.47. The van der Waals surface area contributed by atoms with Crippen LogP contribution in [0.5, 0.6) is 0 Å². The Morgan fingerprint density at radius 2 is 2.16 bits per heavy atom. The minimum absolute atomic E-state index is 0.178. The van der Waals surface area contributed by atoms with Crippen LogP contribution in [0.2, 0.25) is 0 Å². The molecule has 104 valence electrons. The second-order valence-electron chi connectivity index (χ2n) is 4.97. The predicted octanol–water partition coefficient (Wildman–Crippen LogP) is 3.82. The molecule has 1 atom stereocenters. The van der Waals surface area contributed by atoms with Gasteiger partial charge in [-0.3, -0.25) is 0 Å². The molecule has 1 aromatic rings. The lowest BCUT2D eigenvalue weighted by atomic mass is 9.96. The molecule has 0 N–H and O–H groups in total. The number of carbonyl (C=O) groups is 1. The van der Waals surface area contributed by atoms with Crippen LogP contribution in [0, 0.1) is 5.92 Å². The van der Waals surface area contributed by atoms with Gasteiger partial charge in [-0.25, -0.2) is 4.79 Å². The molecule has 1 amide bonds. The summed E-state index contributed by atoms with van der Waals surface area (Å²) in [5.41, 5.74) is 1.03. The molecule has 1 aromatic carbocycles. The van der Waals surface area contributed by atoms with Gasteiger partial charge in [0.05, 0.1) is 0 Å². The van der Waals surface area contributed by atoms with Crippen LogP contribution >= 0.6 is 15.9 Å². The minimum atomic E-state index is -0.178. The lowest BCUT2D eigenvalue weighted by molar-refractivity contribution is 0.0788. The van der Waals surface area contributed by atoms with Crippen LogP contribution in [-0.2, 0) is 11.3 Å². The average Bonchev–Trinajstić information content (AvgIpc) is 2.46. The number of likely N-dealkylation sites (tertiary alicyclic amines) is 1. The number of amides is 1.